The van der Waals surface area contributed by atoms with E-state index in [1.54, 1.807) is 10.8 Å². The molecule has 1 saturated heterocycles. The van der Waals surface area contributed by atoms with E-state index in [1.807, 2.05) is 31.7 Å². The number of likely N-dealkylation sites (tertiary alicyclic amines) is 1. The molecule has 0 radical (unpaired) electrons. The molecule has 1 aliphatic heterocycles. The van der Waals surface area contributed by atoms with Crippen LogP contribution in [0.5, 0.6) is 0 Å². The number of nitriles is 1. The van der Waals surface area contributed by atoms with E-state index < -0.39 is 15.6 Å². The highest BCUT2D eigenvalue weighted by Crippen LogP contribution is 2.40. The van der Waals surface area contributed by atoms with Gasteiger partial charge in [-0.05, 0) is 121 Å². The van der Waals surface area contributed by atoms with Crippen LogP contribution in [0.4, 0.5) is 10.5 Å². The number of rotatable bonds is 9. The van der Waals surface area contributed by atoms with Crippen LogP contribution < -0.4 is 5.32 Å². The van der Waals surface area contributed by atoms with Crippen molar-refractivity contribution in [1.29, 1.82) is 5.26 Å². The van der Waals surface area contributed by atoms with Crippen LogP contribution in [0.15, 0.2) is 30.5 Å². The maximum absolute atomic E-state index is 13.6. The molecular formula is C35H51N5O4S. The predicted octanol–water partition coefficient (Wildman–Crippen LogP) is 7.52. The predicted molar refractivity (Wildman–Crippen MR) is 183 cm³/mol. The summed E-state index contributed by atoms with van der Waals surface area (Å²) in [6.07, 6.45) is 16.2. The van der Waals surface area contributed by atoms with Crippen molar-refractivity contribution in [3.8, 4) is 6.07 Å². The molecule has 1 N–H and O–H groups in total. The Morgan fingerprint density at radius 3 is 2.44 bits per heavy atom. The first-order valence-electron chi connectivity index (χ1n) is 16.0. The quantitative estimate of drug-likeness (QED) is 0.285. The van der Waals surface area contributed by atoms with E-state index in [9.17, 15) is 14.9 Å². The molecule has 1 fully saturated rings. The number of amides is 2. The Bertz CT molecular complexity index is 1430. The van der Waals surface area contributed by atoms with Crippen LogP contribution in [0, 0.1) is 11.3 Å². The lowest BCUT2D eigenvalue weighted by Crippen LogP contribution is -2.51. The average Bonchev–Trinajstić information content (AvgIpc) is 3.37. The third-order valence-electron chi connectivity index (χ3n) is 8.37. The van der Waals surface area contributed by atoms with E-state index in [2.05, 4.69) is 67.2 Å². The summed E-state index contributed by atoms with van der Waals surface area (Å²) in [4.78, 5) is 32.8. The second-order valence-corrected chi connectivity index (χ2v) is 18.9. The Labute approximate surface area is 270 Å². The van der Waals surface area contributed by atoms with Crippen molar-refractivity contribution in [2.24, 2.45) is 0 Å². The largest absolute Gasteiger partial charge is 0.444 e. The summed E-state index contributed by atoms with van der Waals surface area (Å²) < 4.78 is 13.2. The van der Waals surface area contributed by atoms with Gasteiger partial charge in [0, 0.05) is 35.3 Å². The molecule has 0 saturated carbocycles. The van der Waals surface area contributed by atoms with E-state index in [-0.39, 0.29) is 48.3 Å². The van der Waals surface area contributed by atoms with Crippen LogP contribution in [-0.4, -0.2) is 75.3 Å². The lowest BCUT2D eigenvalue weighted by Gasteiger charge is -2.43. The van der Waals surface area contributed by atoms with Gasteiger partial charge >= 0.3 is 6.09 Å². The maximum atomic E-state index is 13.6. The third-order valence-corrected chi connectivity index (χ3v) is 9.76. The van der Waals surface area contributed by atoms with Crippen LogP contribution in [0.3, 0.4) is 0 Å². The summed E-state index contributed by atoms with van der Waals surface area (Å²) in [7, 11) is -0.702. The zero-order chi connectivity index (χ0) is 32.9. The normalized spacial score (nSPS) is 21.1. The Balaban J connectivity index is 1.56. The molecule has 2 aliphatic rings. The van der Waals surface area contributed by atoms with Gasteiger partial charge in [-0.3, -0.25) is 4.79 Å². The van der Waals surface area contributed by atoms with Crippen molar-refractivity contribution in [2.75, 3.05) is 36.4 Å². The summed E-state index contributed by atoms with van der Waals surface area (Å²) in [5.74, 6) is 1.00. The monoisotopic (exact) mass is 637 g/mol. The fraction of sp³-hybridized carbons (Fsp3) is 0.600. The number of carbonyl (C=O) groups excluding carboxylic acids is 2. The van der Waals surface area contributed by atoms with Crippen molar-refractivity contribution < 1.29 is 19.1 Å². The average molecular weight is 638 g/mol. The molecule has 45 heavy (non-hydrogen) atoms. The van der Waals surface area contributed by atoms with Crippen molar-refractivity contribution >= 4 is 33.3 Å². The number of carbonyl (C=O) groups is 2. The first-order chi connectivity index (χ1) is 21.1. The van der Waals surface area contributed by atoms with Crippen molar-refractivity contribution in [3.05, 3.63) is 53.1 Å². The molecule has 246 valence electrons. The highest BCUT2D eigenvalue weighted by molar-refractivity contribution is 8.32. The van der Waals surface area contributed by atoms with Gasteiger partial charge in [-0.25, -0.2) is 19.8 Å². The molecule has 0 spiro atoms. The number of nitrogens with one attached hydrogen (secondary N) is 1. The number of aromatic nitrogens is 2. The fourth-order valence-electron chi connectivity index (χ4n) is 6.20. The topological polar surface area (TPSA) is 109 Å². The van der Waals surface area contributed by atoms with Gasteiger partial charge in [0.1, 0.15) is 18.4 Å². The van der Waals surface area contributed by atoms with E-state index in [4.69, 9.17) is 9.47 Å². The van der Waals surface area contributed by atoms with E-state index in [0.717, 1.165) is 55.5 Å². The molecule has 4 rings (SSSR count). The zero-order valence-corrected chi connectivity index (χ0v) is 29.1. The van der Waals surface area contributed by atoms with Gasteiger partial charge in [-0.2, -0.15) is 5.26 Å². The fourth-order valence-corrected chi connectivity index (χ4v) is 6.82. The molecule has 9 nitrogen and oxygen atoms in total. The molecule has 2 amide bonds. The zero-order valence-electron chi connectivity index (χ0n) is 28.3. The van der Waals surface area contributed by atoms with Gasteiger partial charge in [-0.15, -0.1) is 0 Å². The molecule has 2 atom stereocenters. The van der Waals surface area contributed by atoms with Crippen LogP contribution in [0.2, 0.25) is 0 Å². The molecule has 2 unspecified atom stereocenters. The van der Waals surface area contributed by atoms with Gasteiger partial charge in [-0.1, -0.05) is 12.1 Å². The first-order valence-corrected chi connectivity index (χ1v) is 19.0. The number of nitrogens with zero attached hydrogens (tertiary/aromatic N) is 4. The summed E-state index contributed by atoms with van der Waals surface area (Å²) in [6, 6.07) is 8.44. The van der Waals surface area contributed by atoms with Gasteiger partial charge in [0.25, 0.3) is 5.91 Å². The summed E-state index contributed by atoms with van der Waals surface area (Å²) in [6.45, 7) is 10.6. The van der Waals surface area contributed by atoms with Gasteiger partial charge in [0.05, 0.1) is 6.61 Å². The number of anilines is 1. The maximum Gasteiger partial charge on any atom is 0.410 e. The number of hydrogen-bond donors (Lipinski definition) is 1. The second-order valence-electron chi connectivity index (χ2n) is 14.4. The molecule has 10 heteroatoms. The summed E-state index contributed by atoms with van der Waals surface area (Å²) in [5.41, 5.74) is 3.84. The smallest absolute Gasteiger partial charge is 0.410 e. The molecular weight excluding hydrogens is 586 g/mol. The minimum Gasteiger partial charge on any atom is -0.444 e. The van der Waals surface area contributed by atoms with Crippen LogP contribution in [0.25, 0.3) is 5.57 Å². The highest BCUT2D eigenvalue weighted by atomic mass is 32.3. The van der Waals surface area contributed by atoms with Gasteiger partial charge in [0.15, 0.2) is 5.69 Å². The van der Waals surface area contributed by atoms with Crippen molar-refractivity contribution in [2.45, 2.75) is 103 Å². The van der Waals surface area contributed by atoms with Crippen molar-refractivity contribution in [1.82, 2.24) is 14.5 Å². The van der Waals surface area contributed by atoms with Crippen LogP contribution in [0.1, 0.15) is 107 Å². The first kappa shape index (κ1) is 34.6. The minimum absolute atomic E-state index is 0.0329. The molecule has 0 bridgehead atoms. The van der Waals surface area contributed by atoms with E-state index >= 15 is 0 Å². The number of piperidine rings is 1. The number of imidazole rings is 1. The lowest BCUT2D eigenvalue weighted by atomic mass is 9.81. The van der Waals surface area contributed by atoms with E-state index in [0.29, 0.717) is 6.61 Å². The lowest BCUT2D eigenvalue weighted by molar-refractivity contribution is -0.00256. The third kappa shape index (κ3) is 9.36. The van der Waals surface area contributed by atoms with E-state index in [1.165, 1.54) is 11.1 Å². The number of hydrogen-bond acceptors (Lipinski definition) is 6. The summed E-state index contributed by atoms with van der Waals surface area (Å²) in [5, 5.41) is 12.6. The summed E-state index contributed by atoms with van der Waals surface area (Å²) >= 11 is 0. The SMILES string of the molecule is CC1CC(c2ccc(NC(=O)c3nc(C#N)cn3COCCS(C)(C)C)c(C3=CCCCC3)c2)CC(C)N1C(=O)OC(C)(C)C. The van der Waals surface area contributed by atoms with Crippen molar-refractivity contribution in [3.63, 3.8) is 0 Å². The molecule has 1 aromatic heterocycles. The van der Waals surface area contributed by atoms with Crippen LogP contribution in [-0.2, 0) is 16.2 Å². The van der Waals surface area contributed by atoms with Gasteiger partial charge < -0.3 is 24.3 Å². The number of allylic oxidation sites excluding steroid dienone is 2. The Kier molecular flexibility index (Phi) is 11.1. The Morgan fingerprint density at radius 1 is 1.13 bits per heavy atom. The molecule has 1 aromatic carbocycles. The minimum atomic E-state index is -0.702. The molecule has 2 aromatic rings. The number of benzene rings is 1. The second kappa shape index (κ2) is 14.4. The standard InChI is InChI=1S/C35H51N5O4S/c1-24-18-28(19-25(2)40(24)34(42)44-35(3,4)5)27-14-15-31(30(20-27)26-12-10-9-11-13-26)38-33(41)32-37-29(21-36)22-39(32)23-43-16-17-45(6,7)8/h12,14-15,20,22,24-25,28H,9-11,13,16-19,23H2,1-8H3,(H,38,41). The highest BCUT2D eigenvalue weighted by Gasteiger charge is 2.37. The van der Waals surface area contributed by atoms with Crippen LogP contribution >= 0.6 is 10.0 Å². The molecule has 1 aliphatic carbocycles. The molecule has 2 heterocycles. The Morgan fingerprint density at radius 2 is 1.84 bits per heavy atom. The number of ether oxygens (including phenoxy) is 2. The van der Waals surface area contributed by atoms with Gasteiger partial charge in [0.2, 0.25) is 5.82 Å². The Hall–Kier alpha value is -3.29.